The minimum atomic E-state index is -0.217. The van der Waals surface area contributed by atoms with Gasteiger partial charge in [0.05, 0.1) is 6.54 Å². The Kier molecular flexibility index (Phi) is 8.18. The maximum absolute atomic E-state index is 12.5. The third-order valence-electron chi connectivity index (χ3n) is 6.60. The van der Waals surface area contributed by atoms with Crippen molar-refractivity contribution >= 4 is 29.0 Å². The number of carbonyl (C=O) groups is 2. The number of thiophene rings is 1. The zero-order valence-electron chi connectivity index (χ0n) is 18.6. The summed E-state index contributed by atoms with van der Waals surface area (Å²) in [7, 11) is 0. The molecule has 1 atom stereocenters. The van der Waals surface area contributed by atoms with Crippen LogP contribution >= 0.6 is 11.3 Å². The molecule has 2 heterocycles. The summed E-state index contributed by atoms with van der Waals surface area (Å²) in [5.74, 6) is 0.679. The molecular weight excluding hydrogens is 420 g/mol. The van der Waals surface area contributed by atoms with Gasteiger partial charge in [0, 0.05) is 35.3 Å². The average molecular weight is 455 g/mol. The van der Waals surface area contributed by atoms with Crippen LogP contribution in [-0.4, -0.2) is 42.5 Å². The quantitative estimate of drug-likeness (QED) is 0.534. The normalized spacial score (nSPS) is 19.6. The fraction of sp³-hybridized carbons (Fsp3) is 0.520. The Morgan fingerprint density at radius 2 is 1.88 bits per heavy atom. The number of carbonyl (C=O) groups excluding carboxylic acids is 2. The topological polar surface area (TPSA) is 73.5 Å². The van der Waals surface area contributed by atoms with Gasteiger partial charge in [-0.15, -0.1) is 11.3 Å². The fourth-order valence-electron chi connectivity index (χ4n) is 4.87. The van der Waals surface area contributed by atoms with Gasteiger partial charge in [0.15, 0.2) is 0 Å². The lowest BCUT2D eigenvalue weighted by Crippen LogP contribution is -2.43. The minimum Gasteiger partial charge on any atom is -0.347 e. The molecular formula is C25H34N4O2S. The van der Waals surface area contributed by atoms with E-state index >= 15 is 0 Å². The smallest absolute Gasteiger partial charge is 0.319 e. The molecule has 1 aromatic carbocycles. The number of urea groups is 1. The highest BCUT2D eigenvalue weighted by Gasteiger charge is 2.27. The van der Waals surface area contributed by atoms with Crippen molar-refractivity contribution in [3.05, 3.63) is 52.2 Å². The maximum atomic E-state index is 12.5. The number of nitrogens with one attached hydrogen (secondary N) is 3. The van der Waals surface area contributed by atoms with Crippen LogP contribution in [0.4, 0.5) is 10.5 Å². The molecule has 1 saturated heterocycles. The van der Waals surface area contributed by atoms with Gasteiger partial charge in [-0.05, 0) is 67.8 Å². The molecule has 1 aliphatic carbocycles. The molecule has 3 amide bonds. The second kappa shape index (κ2) is 11.5. The van der Waals surface area contributed by atoms with E-state index in [0.717, 1.165) is 23.8 Å². The van der Waals surface area contributed by atoms with Crippen molar-refractivity contribution in [1.82, 2.24) is 15.5 Å². The summed E-state index contributed by atoms with van der Waals surface area (Å²) in [6, 6.07) is 11.2. The van der Waals surface area contributed by atoms with Crippen LogP contribution in [0.25, 0.3) is 0 Å². The van der Waals surface area contributed by atoms with Crippen LogP contribution in [0.3, 0.4) is 0 Å². The predicted octanol–water partition coefficient (Wildman–Crippen LogP) is 4.84. The SMILES string of the molecule is O=C(NCC1CCCN1CC1CCCCC1)Nc1cccc(C(=O)NCc2cccs2)c1. The van der Waals surface area contributed by atoms with Crippen LogP contribution in [0.2, 0.25) is 0 Å². The van der Waals surface area contributed by atoms with Crippen molar-refractivity contribution in [2.24, 2.45) is 5.92 Å². The van der Waals surface area contributed by atoms with Crippen LogP contribution < -0.4 is 16.0 Å². The molecule has 2 aliphatic rings. The Bertz CT molecular complexity index is 880. The first-order valence-electron chi connectivity index (χ1n) is 11.9. The van der Waals surface area contributed by atoms with Gasteiger partial charge < -0.3 is 16.0 Å². The van der Waals surface area contributed by atoms with Gasteiger partial charge in [-0.25, -0.2) is 4.79 Å². The van der Waals surface area contributed by atoms with E-state index in [1.54, 1.807) is 35.6 Å². The summed E-state index contributed by atoms with van der Waals surface area (Å²) in [6.07, 6.45) is 9.20. The van der Waals surface area contributed by atoms with E-state index in [9.17, 15) is 9.59 Å². The molecule has 2 fully saturated rings. The Hall–Kier alpha value is -2.38. The third-order valence-corrected chi connectivity index (χ3v) is 7.48. The van der Waals surface area contributed by atoms with E-state index in [-0.39, 0.29) is 11.9 Å². The van der Waals surface area contributed by atoms with E-state index in [4.69, 9.17) is 0 Å². The van der Waals surface area contributed by atoms with E-state index in [1.165, 1.54) is 45.1 Å². The number of amides is 3. The molecule has 32 heavy (non-hydrogen) atoms. The van der Waals surface area contributed by atoms with E-state index < -0.39 is 0 Å². The van der Waals surface area contributed by atoms with Crippen LogP contribution in [0, 0.1) is 5.92 Å². The first-order valence-corrected chi connectivity index (χ1v) is 12.7. The Balaban J connectivity index is 1.23. The number of hydrogen-bond donors (Lipinski definition) is 3. The molecule has 7 heteroatoms. The standard InChI is InChI=1S/C25H34N4O2S/c30-24(26-17-23-12-6-14-32-23)20-9-4-10-21(15-20)28-25(31)27-16-22-11-5-13-29(22)18-19-7-2-1-3-8-19/h4,6,9-10,12,14-15,19,22H,1-3,5,7-8,11,13,16-18H2,(H,26,30)(H2,27,28,31). The van der Waals surface area contributed by atoms with Gasteiger partial charge in [0.25, 0.3) is 5.91 Å². The Morgan fingerprint density at radius 1 is 1.00 bits per heavy atom. The Morgan fingerprint density at radius 3 is 2.69 bits per heavy atom. The number of rotatable bonds is 8. The minimum absolute atomic E-state index is 0.147. The maximum Gasteiger partial charge on any atom is 0.319 e. The summed E-state index contributed by atoms with van der Waals surface area (Å²) < 4.78 is 0. The van der Waals surface area contributed by atoms with Crippen LogP contribution in [0.1, 0.15) is 60.2 Å². The van der Waals surface area contributed by atoms with E-state index in [2.05, 4.69) is 20.9 Å². The highest BCUT2D eigenvalue weighted by atomic mass is 32.1. The summed E-state index contributed by atoms with van der Waals surface area (Å²) in [4.78, 5) is 28.6. The highest BCUT2D eigenvalue weighted by molar-refractivity contribution is 7.09. The molecule has 4 rings (SSSR count). The van der Waals surface area contributed by atoms with Crippen molar-refractivity contribution in [3.8, 4) is 0 Å². The molecule has 0 radical (unpaired) electrons. The molecule has 1 aliphatic heterocycles. The lowest BCUT2D eigenvalue weighted by Gasteiger charge is -2.31. The lowest BCUT2D eigenvalue weighted by atomic mass is 9.89. The van der Waals surface area contributed by atoms with Gasteiger partial charge in [0.1, 0.15) is 0 Å². The third kappa shape index (κ3) is 6.56. The summed E-state index contributed by atoms with van der Waals surface area (Å²) >= 11 is 1.61. The summed E-state index contributed by atoms with van der Waals surface area (Å²) in [5.41, 5.74) is 1.16. The van der Waals surface area contributed by atoms with Crippen molar-refractivity contribution in [3.63, 3.8) is 0 Å². The molecule has 3 N–H and O–H groups in total. The number of hydrogen-bond acceptors (Lipinski definition) is 4. The molecule has 0 bridgehead atoms. The van der Waals surface area contributed by atoms with Crippen LogP contribution in [-0.2, 0) is 6.54 Å². The van der Waals surface area contributed by atoms with Crippen molar-refractivity contribution in [2.75, 3.05) is 25.0 Å². The molecule has 6 nitrogen and oxygen atoms in total. The van der Waals surface area contributed by atoms with E-state index in [1.807, 2.05) is 17.5 Å². The zero-order valence-corrected chi connectivity index (χ0v) is 19.5. The first-order chi connectivity index (χ1) is 15.7. The predicted molar refractivity (Wildman–Crippen MR) is 130 cm³/mol. The number of benzene rings is 1. The molecule has 0 spiro atoms. The van der Waals surface area contributed by atoms with Crippen LogP contribution in [0.15, 0.2) is 41.8 Å². The van der Waals surface area contributed by atoms with Crippen LogP contribution in [0.5, 0.6) is 0 Å². The fourth-order valence-corrected chi connectivity index (χ4v) is 5.52. The molecule has 1 unspecified atom stereocenters. The van der Waals surface area contributed by atoms with Crippen molar-refractivity contribution in [1.29, 1.82) is 0 Å². The van der Waals surface area contributed by atoms with Crippen molar-refractivity contribution in [2.45, 2.75) is 57.5 Å². The first kappa shape index (κ1) is 22.8. The lowest BCUT2D eigenvalue weighted by molar-refractivity contribution is 0.0951. The summed E-state index contributed by atoms with van der Waals surface area (Å²) in [5, 5.41) is 10.8. The monoisotopic (exact) mass is 454 g/mol. The summed E-state index contributed by atoms with van der Waals surface area (Å²) in [6.45, 7) is 3.50. The molecule has 172 valence electrons. The van der Waals surface area contributed by atoms with Crippen molar-refractivity contribution < 1.29 is 9.59 Å². The van der Waals surface area contributed by atoms with Gasteiger partial charge in [-0.3, -0.25) is 9.69 Å². The van der Waals surface area contributed by atoms with Gasteiger partial charge in [-0.2, -0.15) is 0 Å². The van der Waals surface area contributed by atoms with Gasteiger partial charge >= 0.3 is 6.03 Å². The Labute approximate surface area is 194 Å². The molecule has 2 aromatic rings. The number of nitrogens with zero attached hydrogens (tertiary/aromatic N) is 1. The van der Waals surface area contributed by atoms with Gasteiger partial charge in [-0.1, -0.05) is 31.4 Å². The highest BCUT2D eigenvalue weighted by Crippen LogP contribution is 2.27. The second-order valence-corrected chi connectivity index (χ2v) is 10.0. The molecule has 1 saturated carbocycles. The number of likely N-dealkylation sites (tertiary alicyclic amines) is 1. The largest absolute Gasteiger partial charge is 0.347 e. The molecule has 1 aromatic heterocycles. The average Bonchev–Trinajstić information content (AvgIpc) is 3.49. The second-order valence-electron chi connectivity index (χ2n) is 8.97. The van der Waals surface area contributed by atoms with Gasteiger partial charge in [0.2, 0.25) is 0 Å². The van der Waals surface area contributed by atoms with E-state index in [0.29, 0.717) is 30.4 Å². The number of anilines is 1. The zero-order chi connectivity index (χ0) is 22.2.